The van der Waals surface area contributed by atoms with Crippen LogP contribution in [0.15, 0.2) is 42.7 Å². The number of nitrogens with one attached hydrogen (secondary N) is 1. The lowest BCUT2D eigenvalue weighted by Gasteiger charge is -2.27. The lowest BCUT2D eigenvalue weighted by molar-refractivity contribution is -0.146. The van der Waals surface area contributed by atoms with Crippen LogP contribution in [0.3, 0.4) is 0 Å². The molecule has 1 N–H and O–H groups in total. The predicted molar refractivity (Wildman–Crippen MR) is 97.8 cm³/mol. The SMILES string of the molecule is COC(=O)C1CCC(NC(=O)CCc2cnn(-c3ccccc3)c2)CC1. The summed E-state index contributed by atoms with van der Waals surface area (Å²) in [7, 11) is 1.43. The number of hydrogen-bond donors (Lipinski definition) is 1. The summed E-state index contributed by atoms with van der Waals surface area (Å²) in [6.45, 7) is 0. The summed E-state index contributed by atoms with van der Waals surface area (Å²) < 4.78 is 6.61. The topological polar surface area (TPSA) is 73.2 Å². The quantitative estimate of drug-likeness (QED) is 0.809. The highest BCUT2D eigenvalue weighted by atomic mass is 16.5. The van der Waals surface area contributed by atoms with Gasteiger partial charge in [-0.1, -0.05) is 18.2 Å². The van der Waals surface area contributed by atoms with Crippen LogP contribution in [0, 0.1) is 5.92 Å². The van der Waals surface area contributed by atoms with Gasteiger partial charge in [0.05, 0.1) is 24.9 Å². The summed E-state index contributed by atoms with van der Waals surface area (Å²) in [4.78, 5) is 23.7. The van der Waals surface area contributed by atoms with Crippen LogP contribution in [0.25, 0.3) is 5.69 Å². The van der Waals surface area contributed by atoms with Gasteiger partial charge in [-0.05, 0) is 49.8 Å². The van der Waals surface area contributed by atoms with E-state index < -0.39 is 0 Å². The monoisotopic (exact) mass is 355 g/mol. The molecule has 6 heteroatoms. The molecule has 1 aliphatic carbocycles. The van der Waals surface area contributed by atoms with Crippen LogP contribution >= 0.6 is 0 Å². The van der Waals surface area contributed by atoms with Crippen LogP contribution in [0.2, 0.25) is 0 Å². The van der Waals surface area contributed by atoms with Gasteiger partial charge >= 0.3 is 5.97 Å². The number of hydrogen-bond acceptors (Lipinski definition) is 4. The first-order valence-electron chi connectivity index (χ1n) is 9.12. The molecule has 1 amide bonds. The maximum Gasteiger partial charge on any atom is 0.308 e. The highest BCUT2D eigenvalue weighted by Crippen LogP contribution is 2.25. The van der Waals surface area contributed by atoms with Crippen molar-refractivity contribution in [3.63, 3.8) is 0 Å². The smallest absolute Gasteiger partial charge is 0.308 e. The number of nitrogens with zero attached hydrogens (tertiary/aromatic N) is 2. The van der Waals surface area contributed by atoms with Crippen LogP contribution in [0.5, 0.6) is 0 Å². The van der Waals surface area contributed by atoms with E-state index in [-0.39, 0.29) is 23.8 Å². The molecule has 0 bridgehead atoms. The van der Waals surface area contributed by atoms with Crippen molar-refractivity contribution in [3.05, 3.63) is 48.3 Å². The fraction of sp³-hybridized carbons (Fsp3) is 0.450. The van der Waals surface area contributed by atoms with Crippen LogP contribution < -0.4 is 5.32 Å². The van der Waals surface area contributed by atoms with Crippen molar-refractivity contribution in [2.75, 3.05) is 7.11 Å². The molecule has 0 aliphatic heterocycles. The first-order chi connectivity index (χ1) is 12.7. The van der Waals surface area contributed by atoms with E-state index in [1.165, 1.54) is 7.11 Å². The number of carbonyl (C=O) groups excluding carboxylic acids is 2. The molecule has 6 nitrogen and oxygen atoms in total. The lowest BCUT2D eigenvalue weighted by atomic mass is 9.86. The second-order valence-corrected chi connectivity index (χ2v) is 6.77. The minimum atomic E-state index is -0.134. The summed E-state index contributed by atoms with van der Waals surface area (Å²) in [6, 6.07) is 10.1. The molecule has 1 aromatic heterocycles. The summed E-state index contributed by atoms with van der Waals surface area (Å²) in [5, 5.41) is 7.44. The van der Waals surface area contributed by atoms with Crippen LogP contribution in [0.4, 0.5) is 0 Å². The standard InChI is InChI=1S/C20H25N3O3/c1-26-20(25)16-8-10-17(11-9-16)22-19(24)12-7-15-13-21-23(14-15)18-5-3-2-4-6-18/h2-6,13-14,16-17H,7-12H2,1H3,(H,22,24). The number of aromatic nitrogens is 2. The number of ether oxygens (including phenoxy) is 1. The fourth-order valence-corrected chi connectivity index (χ4v) is 3.41. The van der Waals surface area contributed by atoms with Crippen molar-refractivity contribution in [2.45, 2.75) is 44.6 Å². The van der Waals surface area contributed by atoms with Gasteiger partial charge in [-0.25, -0.2) is 4.68 Å². The molecule has 26 heavy (non-hydrogen) atoms. The van der Waals surface area contributed by atoms with E-state index in [0.29, 0.717) is 12.8 Å². The van der Waals surface area contributed by atoms with Gasteiger partial charge in [-0.15, -0.1) is 0 Å². The molecule has 2 aromatic rings. The van der Waals surface area contributed by atoms with Gasteiger partial charge in [-0.2, -0.15) is 5.10 Å². The summed E-state index contributed by atoms with van der Waals surface area (Å²) >= 11 is 0. The van der Waals surface area contributed by atoms with E-state index in [2.05, 4.69) is 10.4 Å². The Kier molecular flexibility index (Phi) is 6.04. The normalized spacial score (nSPS) is 19.7. The second-order valence-electron chi connectivity index (χ2n) is 6.77. The zero-order valence-electron chi connectivity index (χ0n) is 15.1. The Balaban J connectivity index is 1.42. The van der Waals surface area contributed by atoms with E-state index in [9.17, 15) is 9.59 Å². The third-order valence-electron chi connectivity index (χ3n) is 4.92. The number of amides is 1. The fourth-order valence-electron chi connectivity index (χ4n) is 3.41. The molecule has 1 fully saturated rings. The molecule has 3 rings (SSSR count). The van der Waals surface area contributed by atoms with Crippen molar-refractivity contribution < 1.29 is 14.3 Å². The van der Waals surface area contributed by atoms with Gasteiger partial charge in [0.25, 0.3) is 0 Å². The number of aryl methyl sites for hydroxylation is 1. The summed E-state index contributed by atoms with van der Waals surface area (Å²) in [6.07, 6.45) is 8.09. The Labute approximate surface area is 153 Å². The molecule has 0 spiro atoms. The molecule has 138 valence electrons. The number of methoxy groups -OCH3 is 1. The van der Waals surface area contributed by atoms with Crippen molar-refractivity contribution >= 4 is 11.9 Å². The first kappa shape index (κ1) is 18.2. The van der Waals surface area contributed by atoms with Gasteiger partial charge in [0, 0.05) is 18.7 Å². The first-order valence-corrected chi connectivity index (χ1v) is 9.12. The highest BCUT2D eigenvalue weighted by molar-refractivity contribution is 5.76. The highest BCUT2D eigenvalue weighted by Gasteiger charge is 2.27. The molecule has 0 unspecified atom stereocenters. The number of benzene rings is 1. The molecular formula is C20H25N3O3. The van der Waals surface area contributed by atoms with Crippen LogP contribution in [-0.4, -0.2) is 34.8 Å². The maximum absolute atomic E-state index is 12.2. The van der Waals surface area contributed by atoms with Crippen molar-refractivity contribution in [3.8, 4) is 5.69 Å². The van der Waals surface area contributed by atoms with E-state index in [4.69, 9.17) is 4.74 Å². The minimum absolute atomic E-state index is 0.0167. The molecule has 1 saturated carbocycles. The average molecular weight is 355 g/mol. The van der Waals surface area contributed by atoms with E-state index in [1.54, 1.807) is 0 Å². The van der Waals surface area contributed by atoms with Gasteiger partial charge in [0.1, 0.15) is 0 Å². The van der Waals surface area contributed by atoms with Gasteiger partial charge in [0.15, 0.2) is 0 Å². The molecular weight excluding hydrogens is 330 g/mol. The van der Waals surface area contributed by atoms with Crippen molar-refractivity contribution in [2.24, 2.45) is 5.92 Å². The Morgan fingerprint density at radius 1 is 1.19 bits per heavy atom. The Morgan fingerprint density at radius 2 is 1.92 bits per heavy atom. The third kappa shape index (κ3) is 4.71. The molecule has 1 aliphatic rings. The van der Waals surface area contributed by atoms with E-state index in [0.717, 1.165) is 36.9 Å². The maximum atomic E-state index is 12.2. The number of rotatable bonds is 6. The zero-order valence-corrected chi connectivity index (χ0v) is 15.1. The lowest BCUT2D eigenvalue weighted by Crippen LogP contribution is -2.39. The molecule has 0 saturated heterocycles. The molecule has 0 atom stereocenters. The summed E-state index contributed by atoms with van der Waals surface area (Å²) in [5.74, 6) is -0.0961. The van der Waals surface area contributed by atoms with Crippen molar-refractivity contribution in [1.82, 2.24) is 15.1 Å². The Morgan fingerprint density at radius 3 is 2.62 bits per heavy atom. The predicted octanol–water partition coefficient (Wildman–Crippen LogP) is 2.65. The Bertz CT molecular complexity index is 734. The minimum Gasteiger partial charge on any atom is -0.469 e. The zero-order chi connectivity index (χ0) is 18.4. The molecule has 1 heterocycles. The molecule has 1 aromatic carbocycles. The third-order valence-corrected chi connectivity index (χ3v) is 4.92. The van der Waals surface area contributed by atoms with Crippen LogP contribution in [0.1, 0.15) is 37.7 Å². The van der Waals surface area contributed by atoms with Crippen LogP contribution in [-0.2, 0) is 20.7 Å². The summed E-state index contributed by atoms with van der Waals surface area (Å²) in [5.41, 5.74) is 2.05. The second kappa shape index (κ2) is 8.65. The average Bonchev–Trinajstić information content (AvgIpc) is 3.16. The number of esters is 1. The number of carbonyl (C=O) groups is 2. The van der Waals surface area contributed by atoms with E-state index >= 15 is 0 Å². The van der Waals surface area contributed by atoms with Gasteiger partial charge in [0.2, 0.25) is 5.91 Å². The number of para-hydroxylation sites is 1. The van der Waals surface area contributed by atoms with Crippen molar-refractivity contribution in [1.29, 1.82) is 0 Å². The van der Waals surface area contributed by atoms with Gasteiger partial charge < -0.3 is 10.1 Å². The largest absolute Gasteiger partial charge is 0.469 e. The Hall–Kier alpha value is -2.63. The molecule has 0 radical (unpaired) electrons. The van der Waals surface area contributed by atoms with Gasteiger partial charge in [-0.3, -0.25) is 9.59 Å². The van der Waals surface area contributed by atoms with E-state index in [1.807, 2.05) is 47.4 Å².